The molecule has 4 nitrogen and oxygen atoms in total. The van der Waals surface area contributed by atoms with Crippen LogP contribution in [-0.2, 0) is 9.56 Å². The molecular weight excluding hydrogens is 167 g/mol. The highest BCUT2D eigenvalue weighted by atomic mass is 31.2. The van der Waals surface area contributed by atoms with Crippen molar-refractivity contribution < 1.29 is 19.3 Å². The maximum atomic E-state index is 8.23. The first-order valence-electron chi connectivity index (χ1n) is 3.75. The van der Waals surface area contributed by atoms with Crippen LogP contribution in [0.15, 0.2) is 0 Å². The summed E-state index contributed by atoms with van der Waals surface area (Å²) in [4.78, 5) is 20.9. The van der Waals surface area contributed by atoms with Crippen LogP contribution in [0.2, 0.25) is 0 Å². The van der Waals surface area contributed by atoms with Crippen LogP contribution in [-0.4, -0.2) is 16.4 Å². The van der Waals surface area contributed by atoms with Crippen LogP contribution in [0, 0.1) is 0 Å². The van der Waals surface area contributed by atoms with Gasteiger partial charge in [0, 0.05) is 0 Å². The van der Waals surface area contributed by atoms with E-state index < -0.39 is 8.60 Å². The Kier molecular flexibility index (Phi) is 8.57. The Morgan fingerprint density at radius 2 is 1.91 bits per heavy atom. The summed E-state index contributed by atoms with van der Waals surface area (Å²) < 4.78 is 4.10. The molecule has 0 rings (SSSR count). The predicted molar refractivity (Wildman–Crippen MR) is 42.5 cm³/mol. The van der Waals surface area contributed by atoms with Crippen LogP contribution in [0.3, 0.4) is 0 Å². The Labute approximate surface area is 68.1 Å². The molecule has 0 aliphatic carbocycles. The van der Waals surface area contributed by atoms with Crippen LogP contribution in [0.1, 0.15) is 32.6 Å². The van der Waals surface area contributed by atoms with Crippen LogP contribution < -0.4 is 0 Å². The second kappa shape index (κ2) is 8.37. The zero-order valence-electron chi connectivity index (χ0n) is 6.69. The van der Waals surface area contributed by atoms with E-state index in [1.165, 1.54) is 12.8 Å². The summed E-state index contributed by atoms with van der Waals surface area (Å²) in [6.45, 7) is 2.55. The molecule has 0 aliphatic rings. The minimum atomic E-state index is -2.35. The quantitative estimate of drug-likeness (QED) is 0.272. The van der Waals surface area contributed by atoms with Gasteiger partial charge in [0.05, 0.1) is 6.61 Å². The van der Waals surface area contributed by atoms with Crippen molar-refractivity contribution in [1.29, 1.82) is 0 Å². The fraction of sp³-hybridized carbons (Fsp3) is 1.00. The lowest BCUT2D eigenvalue weighted by Crippen LogP contribution is -1.92. The van der Waals surface area contributed by atoms with Crippen LogP contribution in [0.25, 0.3) is 0 Å². The molecule has 0 amide bonds. The Bertz CT molecular complexity index is 79.0. The average molecular weight is 182 g/mol. The Hall–Kier alpha value is 0.270. The van der Waals surface area contributed by atoms with Gasteiger partial charge in [-0.05, 0) is 6.42 Å². The van der Waals surface area contributed by atoms with Gasteiger partial charge in [-0.25, -0.2) is 4.89 Å². The molecule has 68 valence electrons. The van der Waals surface area contributed by atoms with Gasteiger partial charge < -0.3 is 9.79 Å². The zero-order valence-corrected chi connectivity index (χ0v) is 7.59. The molecule has 0 heterocycles. The van der Waals surface area contributed by atoms with E-state index in [9.17, 15) is 0 Å². The average Bonchev–Trinajstić information content (AvgIpc) is 1.96. The number of unbranched alkanes of at least 4 members (excludes halogenated alkanes) is 3. The van der Waals surface area contributed by atoms with E-state index in [4.69, 9.17) is 9.79 Å². The fourth-order valence-electron chi connectivity index (χ4n) is 0.672. The largest absolute Gasteiger partial charge is 0.357 e. The standard InChI is InChI=1S/C6H15O4P/c1-2-3-4-5-6-9-10-11(7)8/h7-8H,2-6H2,1H3. The van der Waals surface area contributed by atoms with Crippen LogP contribution >= 0.6 is 8.60 Å². The maximum absolute atomic E-state index is 8.23. The van der Waals surface area contributed by atoms with Crippen molar-refractivity contribution in [3.8, 4) is 0 Å². The van der Waals surface area contributed by atoms with Crippen molar-refractivity contribution in [3.05, 3.63) is 0 Å². The number of hydrogen-bond donors (Lipinski definition) is 2. The molecule has 0 saturated heterocycles. The van der Waals surface area contributed by atoms with Gasteiger partial charge in [-0.1, -0.05) is 26.2 Å². The van der Waals surface area contributed by atoms with Gasteiger partial charge in [-0.2, -0.15) is 4.67 Å². The Morgan fingerprint density at radius 1 is 1.18 bits per heavy atom. The van der Waals surface area contributed by atoms with Crippen molar-refractivity contribution in [2.45, 2.75) is 32.6 Å². The molecule has 0 atom stereocenters. The fourth-order valence-corrected chi connectivity index (χ4v) is 0.841. The first-order valence-corrected chi connectivity index (χ1v) is 4.91. The van der Waals surface area contributed by atoms with E-state index >= 15 is 0 Å². The second-order valence-corrected chi connectivity index (χ2v) is 2.86. The minimum Gasteiger partial charge on any atom is -0.327 e. The Morgan fingerprint density at radius 3 is 2.45 bits per heavy atom. The third kappa shape index (κ3) is 10.3. The van der Waals surface area contributed by atoms with Crippen molar-refractivity contribution in [2.75, 3.05) is 6.61 Å². The van der Waals surface area contributed by atoms with E-state index in [2.05, 4.69) is 16.5 Å². The van der Waals surface area contributed by atoms with Gasteiger partial charge in [0.15, 0.2) is 0 Å². The monoisotopic (exact) mass is 182 g/mol. The van der Waals surface area contributed by atoms with E-state index in [0.717, 1.165) is 12.8 Å². The summed E-state index contributed by atoms with van der Waals surface area (Å²) in [6, 6.07) is 0. The SMILES string of the molecule is CCCCCCOOP(O)O. The summed E-state index contributed by atoms with van der Waals surface area (Å²) in [5, 5.41) is 0. The smallest absolute Gasteiger partial charge is 0.327 e. The van der Waals surface area contributed by atoms with E-state index in [1.54, 1.807) is 0 Å². The van der Waals surface area contributed by atoms with Gasteiger partial charge in [0.1, 0.15) is 0 Å². The van der Waals surface area contributed by atoms with Gasteiger partial charge in [-0.15, -0.1) is 0 Å². The molecule has 2 N–H and O–H groups in total. The lowest BCUT2D eigenvalue weighted by Gasteiger charge is -2.02. The van der Waals surface area contributed by atoms with Crippen molar-refractivity contribution in [3.63, 3.8) is 0 Å². The summed E-state index contributed by atoms with van der Waals surface area (Å²) in [5.74, 6) is 0. The van der Waals surface area contributed by atoms with Gasteiger partial charge in [0.2, 0.25) is 0 Å². The molecule has 0 unspecified atom stereocenters. The van der Waals surface area contributed by atoms with Crippen molar-refractivity contribution >= 4 is 8.60 Å². The molecule has 5 heteroatoms. The summed E-state index contributed by atoms with van der Waals surface area (Å²) in [5.41, 5.74) is 0. The second-order valence-electron chi connectivity index (χ2n) is 2.21. The molecule has 0 aliphatic heterocycles. The Balaban J connectivity index is 2.80. The lowest BCUT2D eigenvalue weighted by molar-refractivity contribution is -0.213. The zero-order chi connectivity index (χ0) is 8.53. The van der Waals surface area contributed by atoms with Gasteiger partial charge >= 0.3 is 8.60 Å². The minimum absolute atomic E-state index is 0.431. The molecule has 0 fully saturated rings. The van der Waals surface area contributed by atoms with E-state index in [1.807, 2.05) is 0 Å². The molecule has 0 spiro atoms. The van der Waals surface area contributed by atoms with Crippen molar-refractivity contribution in [2.24, 2.45) is 0 Å². The molecule has 0 bridgehead atoms. The lowest BCUT2D eigenvalue weighted by atomic mass is 10.2. The van der Waals surface area contributed by atoms with E-state index in [-0.39, 0.29) is 0 Å². The highest BCUT2D eigenvalue weighted by Gasteiger charge is 1.98. The van der Waals surface area contributed by atoms with Gasteiger partial charge in [-0.3, -0.25) is 0 Å². The van der Waals surface area contributed by atoms with Crippen LogP contribution in [0.4, 0.5) is 0 Å². The maximum Gasteiger partial charge on any atom is 0.357 e. The first-order chi connectivity index (χ1) is 5.27. The normalized spacial score (nSPS) is 10.9. The molecule has 11 heavy (non-hydrogen) atoms. The topological polar surface area (TPSA) is 58.9 Å². The first kappa shape index (κ1) is 11.3. The molecular formula is C6H15O4P. The van der Waals surface area contributed by atoms with Gasteiger partial charge in [0.25, 0.3) is 0 Å². The van der Waals surface area contributed by atoms with Crippen LogP contribution in [0.5, 0.6) is 0 Å². The van der Waals surface area contributed by atoms with E-state index in [0.29, 0.717) is 6.61 Å². The third-order valence-electron chi connectivity index (χ3n) is 1.20. The highest BCUT2D eigenvalue weighted by Crippen LogP contribution is 2.24. The number of rotatable bonds is 7. The highest BCUT2D eigenvalue weighted by molar-refractivity contribution is 7.39. The summed E-state index contributed by atoms with van der Waals surface area (Å²) >= 11 is 0. The molecule has 0 saturated carbocycles. The molecule has 0 aromatic carbocycles. The molecule has 0 aromatic rings. The predicted octanol–water partition coefficient (Wildman–Crippen LogP) is 1.73. The van der Waals surface area contributed by atoms with Crippen molar-refractivity contribution in [1.82, 2.24) is 0 Å². The molecule has 0 radical (unpaired) electrons. The summed E-state index contributed by atoms with van der Waals surface area (Å²) in [7, 11) is -2.35. The number of hydrogen-bond acceptors (Lipinski definition) is 4. The third-order valence-corrected chi connectivity index (χ3v) is 1.44. The summed E-state index contributed by atoms with van der Waals surface area (Å²) in [6.07, 6.45) is 4.34. The molecule has 0 aromatic heterocycles.